The van der Waals surface area contributed by atoms with Gasteiger partial charge in [-0.1, -0.05) is 11.2 Å². The predicted octanol–water partition coefficient (Wildman–Crippen LogP) is 1.88. The summed E-state index contributed by atoms with van der Waals surface area (Å²) in [6, 6.07) is 9.18. The first-order valence-electron chi connectivity index (χ1n) is 5.89. The van der Waals surface area contributed by atoms with Gasteiger partial charge >= 0.3 is 0 Å². The minimum Gasteiger partial charge on any atom is -0.508 e. The topological polar surface area (TPSA) is 108 Å². The van der Waals surface area contributed by atoms with Gasteiger partial charge in [0.1, 0.15) is 11.6 Å². The average molecular weight is 289 g/mol. The van der Waals surface area contributed by atoms with E-state index in [4.69, 9.17) is 10.9 Å². The van der Waals surface area contributed by atoms with Crippen LogP contribution in [0.5, 0.6) is 5.75 Å². The van der Waals surface area contributed by atoms with Crippen molar-refractivity contribution in [2.24, 2.45) is 10.9 Å². The molecule has 0 fully saturated rings. The van der Waals surface area contributed by atoms with Crippen molar-refractivity contribution in [2.75, 3.05) is 5.32 Å². The van der Waals surface area contributed by atoms with E-state index in [9.17, 15) is 14.3 Å². The second-order valence-electron chi connectivity index (χ2n) is 4.18. The Bertz CT molecular complexity index is 716. The van der Waals surface area contributed by atoms with Gasteiger partial charge in [0, 0.05) is 11.1 Å². The van der Waals surface area contributed by atoms with Gasteiger partial charge in [-0.3, -0.25) is 4.79 Å². The number of nitrogens with two attached hydrogens (primary N) is 1. The number of nitrogens with one attached hydrogen (secondary N) is 1. The zero-order valence-electron chi connectivity index (χ0n) is 10.7. The summed E-state index contributed by atoms with van der Waals surface area (Å²) in [7, 11) is 0. The van der Waals surface area contributed by atoms with Crippen LogP contribution in [0.3, 0.4) is 0 Å². The van der Waals surface area contributed by atoms with Crippen LogP contribution in [0.25, 0.3) is 0 Å². The van der Waals surface area contributed by atoms with Gasteiger partial charge in [-0.25, -0.2) is 4.39 Å². The van der Waals surface area contributed by atoms with Gasteiger partial charge in [0.15, 0.2) is 5.84 Å². The highest BCUT2D eigenvalue weighted by atomic mass is 19.1. The zero-order chi connectivity index (χ0) is 15.4. The Labute approximate surface area is 119 Å². The Hall–Kier alpha value is -3.09. The first-order valence-corrected chi connectivity index (χ1v) is 5.89. The zero-order valence-corrected chi connectivity index (χ0v) is 10.7. The van der Waals surface area contributed by atoms with E-state index in [1.807, 2.05) is 0 Å². The molecule has 7 heteroatoms. The van der Waals surface area contributed by atoms with Gasteiger partial charge in [-0.15, -0.1) is 0 Å². The molecule has 0 aromatic heterocycles. The standard InChI is InChI=1S/C14H12FN3O3/c15-9-4-5-12(11(7-9)13(16)18-21)17-14(20)8-2-1-3-10(19)6-8/h1-7,19,21H,(H2,16,18)(H,17,20). The van der Waals surface area contributed by atoms with E-state index in [2.05, 4.69) is 10.5 Å². The van der Waals surface area contributed by atoms with Crippen LogP contribution in [0.15, 0.2) is 47.6 Å². The number of amidine groups is 1. The normalized spacial score (nSPS) is 11.2. The van der Waals surface area contributed by atoms with Gasteiger partial charge in [0.2, 0.25) is 0 Å². The fourth-order valence-electron chi connectivity index (χ4n) is 1.73. The predicted molar refractivity (Wildman–Crippen MR) is 75.0 cm³/mol. The van der Waals surface area contributed by atoms with Crippen LogP contribution in [0.2, 0.25) is 0 Å². The van der Waals surface area contributed by atoms with Gasteiger partial charge < -0.3 is 21.4 Å². The number of carbonyl (C=O) groups is 1. The summed E-state index contributed by atoms with van der Waals surface area (Å²) in [5, 5.41) is 23.3. The molecule has 1 amide bonds. The number of hydrogen-bond acceptors (Lipinski definition) is 4. The lowest BCUT2D eigenvalue weighted by Gasteiger charge is -2.10. The molecule has 0 unspecified atom stereocenters. The monoisotopic (exact) mass is 289 g/mol. The summed E-state index contributed by atoms with van der Waals surface area (Å²) in [5.74, 6) is -1.50. The second kappa shape index (κ2) is 5.91. The maximum Gasteiger partial charge on any atom is 0.255 e. The molecule has 0 saturated heterocycles. The summed E-state index contributed by atoms with van der Waals surface area (Å²) >= 11 is 0. The Morgan fingerprint density at radius 2 is 2.00 bits per heavy atom. The molecule has 0 aliphatic heterocycles. The Morgan fingerprint density at radius 1 is 1.24 bits per heavy atom. The second-order valence-corrected chi connectivity index (χ2v) is 4.18. The van der Waals surface area contributed by atoms with Gasteiger partial charge in [-0.2, -0.15) is 0 Å². The fraction of sp³-hybridized carbons (Fsp3) is 0. The quantitative estimate of drug-likeness (QED) is 0.299. The molecule has 2 aromatic rings. The van der Waals surface area contributed by atoms with Crippen molar-refractivity contribution in [3.63, 3.8) is 0 Å². The molecule has 21 heavy (non-hydrogen) atoms. The molecule has 0 spiro atoms. The molecule has 0 heterocycles. The number of halogens is 1. The van der Waals surface area contributed by atoms with Crippen molar-refractivity contribution in [2.45, 2.75) is 0 Å². The van der Waals surface area contributed by atoms with E-state index in [0.717, 1.165) is 12.1 Å². The molecule has 6 nitrogen and oxygen atoms in total. The third-order valence-corrected chi connectivity index (χ3v) is 2.72. The van der Waals surface area contributed by atoms with Crippen molar-refractivity contribution >= 4 is 17.4 Å². The maximum absolute atomic E-state index is 13.2. The number of benzene rings is 2. The molecule has 0 saturated carbocycles. The van der Waals surface area contributed by atoms with Crippen LogP contribution in [0.1, 0.15) is 15.9 Å². The lowest BCUT2D eigenvalue weighted by Crippen LogP contribution is -2.19. The van der Waals surface area contributed by atoms with E-state index in [0.29, 0.717) is 0 Å². The van der Waals surface area contributed by atoms with Crippen LogP contribution in [-0.4, -0.2) is 22.1 Å². The molecule has 0 radical (unpaired) electrons. The van der Waals surface area contributed by atoms with Crippen LogP contribution in [0, 0.1) is 5.82 Å². The molecule has 2 aromatic carbocycles. The number of rotatable bonds is 3. The third kappa shape index (κ3) is 3.27. The van der Waals surface area contributed by atoms with Crippen molar-refractivity contribution in [1.82, 2.24) is 0 Å². The first kappa shape index (κ1) is 14.3. The number of carbonyl (C=O) groups excluding carboxylic acids is 1. The molecular weight excluding hydrogens is 277 g/mol. The molecule has 108 valence electrons. The van der Waals surface area contributed by atoms with Crippen molar-refractivity contribution < 1.29 is 19.5 Å². The van der Waals surface area contributed by atoms with Crippen LogP contribution in [-0.2, 0) is 0 Å². The van der Waals surface area contributed by atoms with Gasteiger partial charge in [-0.05, 0) is 36.4 Å². The van der Waals surface area contributed by atoms with E-state index >= 15 is 0 Å². The maximum atomic E-state index is 13.2. The lowest BCUT2D eigenvalue weighted by atomic mass is 10.1. The summed E-state index contributed by atoms with van der Waals surface area (Å²) < 4.78 is 13.2. The van der Waals surface area contributed by atoms with Crippen LogP contribution < -0.4 is 11.1 Å². The molecule has 0 atom stereocenters. The number of hydrogen-bond donors (Lipinski definition) is 4. The molecule has 0 bridgehead atoms. The number of oxime groups is 1. The van der Waals surface area contributed by atoms with E-state index < -0.39 is 11.7 Å². The number of phenols is 1. The van der Waals surface area contributed by atoms with Gasteiger partial charge in [0.25, 0.3) is 5.91 Å². The number of anilines is 1. The molecule has 0 aliphatic carbocycles. The first-order chi connectivity index (χ1) is 10.0. The number of nitrogens with zero attached hydrogens (tertiary/aromatic N) is 1. The van der Waals surface area contributed by atoms with Crippen LogP contribution >= 0.6 is 0 Å². The molecule has 2 rings (SSSR count). The summed E-state index contributed by atoms with van der Waals surface area (Å²) in [6.07, 6.45) is 0. The minimum absolute atomic E-state index is 0.0472. The van der Waals surface area contributed by atoms with Crippen molar-refractivity contribution in [1.29, 1.82) is 0 Å². The Morgan fingerprint density at radius 3 is 2.67 bits per heavy atom. The molecule has 5 N–H and O–H groups in total. The highest BCUT2D eigenvalue weighted by molar-refractivity contribution is 6.09. The van der Waals surface area contributed by atoms with Crippen molar-refractivity contribution in [3.05, 3.63) is 59.4 Å². The minimum atomic E-state index is -0.591. The summed E-state index contributed by atoms with van der Waals surface area (Å²) in [4.78, 5) is 12.1. The third-order valence-electron chi connectivity index (χ3n) is 2.72. The van der Waals surface area contributed by atoms with Gasteiger partial charge in [0.05, 0.1) is 5.69 Å². The Balaban J connectivity index is 2.33. The number of aromatic hydroxyl groups is 1. The lowest BCUT2D eigenvalue weighted by molar-refractivity contribution is 0.102. The number of amides is 1. The van der Waals surface area contributed by atoms with E-state index in [1.165, 1.54) is 30.3 Å². The smallest absolute Gasteiger partial charge is 0.255 e. The summed E-state index contributed by atoms with van der Waals surface area (Å²) in [6.45, 7) is 0. The van der Waals surface area contributed by atoms with Crippen molar-refractivity contribution in [3.8, 4) is 5.75 Å². The molecule has 0 aliphatic rings. The largest absolute Gasteiger partial charge is 0.508 e. The Kier molecular flexibility index (Phi) is 4.03. The number of phenolic OH excluding ortho intramolecular Hbond substituents is 1. The van der Waals surface area contributed by atoms with E-state index in [-0.39, 0.29) is 28.4 Å². The van der Waals surface area contributed by atoms with E-state index in [1.54, 1.807) is 0 Å². The average Bonchev–Trinajstić information content (AvgIpc) is 2.48. The SMILES string of the molecule is N/C(=N/O)c1cc(F)ccc1NC(=O)c1cccc(O)c1. The summed E-state index contributed by atoms with van der Waals surface area (Å²) in [5.41, 5.74) is 5.89. The van der Waals surface area contributed by atoms with Crippen LogP contribution in [0.4, 0.5) is 10.1 Å². The fourth-order valence-corrected chi connectivity index (χ4v) is 1.73. The highest BCUT2D eigenvalue weighted by Gasteiger charge is 2.13. The molecular formula is C14H12FN3O3. The highest BCUT2D eigenvalue weighted by Crippen LogP contribution is 2.19.